The minimum Gasteiger partial charge on any atom is -0.257 e. The molecule has 0 saturated heterocycles. The van der Waals surface area contributed by atoms with Gasteiger partial charge in [0.1, 0.15) is 17.8 Å². The van der Waals surface area contributed by atoms with Gasteiger partial charge in [0, 0.05) is 22.4 Å². The Balaban J connectivity index is 2.09. The molecule has 2 heterocycles. The van der Waals surface area contributed by atoms with E-state index >= 15 is 0 Å². The third-order valence-electron chi connectivity index (χ3n) is 7.25. The molecule has 0 spiro atoms. The first kappa shape index (κ1) is 35.1. The Morgan fingerprint density at radius 1 is 0.612 bits per heavy atom. The van der Waals surface area contributed by atoms with Crippen LogP contribution in [0.4, 0.5) is 52.7 Å². The fraction of sp³-hybridized carbons (Fsp3) is 0.161. The van der Waals surface area contributed by atoms with Crippen LogP contribution >= 0.6 is 11.6 Å². The Labute approximate surface area is 267 Å². The van der Waals surface area contributed by atoms with Gasteiger partial charge in [-0.15, -0.1) is 0 Å². The number of carbonyl (C=O) groups excluding carboxylic acids is 3. The first-order valence-corrected chi connectivity index (χ1v) is 13.4. The van der Waals surface area contributed by atoms with Gasteiger partial charge in [0.2, 0.25) is 0 Å². The minimum absolute atomic E-state index is 0.175. The highest BCUT2D eigenvalue weighted by molar-refractivity contribution is 6.25. The van der Waals surface area contributed by atoms with E-state index in [9.17, 15) is 67.1 Å². The van der Waals surface area contributed by atoms with E-state index in [4.69, 9.17) is 11.6 Å². The van der Waals surface area contributed by atoms with Gasteiger partial charge in [-0.25, -0.2) is 14.4 Å². The summed E-state index contributed by atoms with van der Waals surface area (Å²) in [5, 5.41) is -4.19. The van der Waals surface area contributed by atoms with E-state index in [0.717, 1.165) is 12.3 Å². The lowest BCUT2D eigenvalue weighted by atomic mass is 9.88. The van der Waals surface area contributed by atoms with Crippen LogP contribution in [0.2, 0.25) is 0 Å². The fourth-order valence-electron chi connectivity index (χ4n) is 5.24. The SMILES string of the molecule is O=C=C1C(c2cc(C(F)(F)F)cc(C(F)(F)F)c2)=c2c(=C=O)c(=C=O)c3c(-c4cc(C(F)(F)F)cc(C(F)(F)F)c4)ccnc3c2=NC1Cl. The molecule has 4 aromatic rings. The van der Waals surface area contributed by atoms with Crippen LogP contribution < -0.4 is 21.0 Å². The van der Waals surface area contributed by atoms with Crippen molar-refractivity contribution in [2.45, 2.75) is 30.2 Å². The van der Waals surface area contributed by atoms with Gasteiger partial charge in [0.25, 0.3) is 0 Å². The van der Waals surface area contributed by atoms with Crippen LogP contribution in [0.3, 0.4) is 0 Å². The van der Waals surface area contributed by atoms with E-state index in [1.165, 1.54) is 17.8 Å². The van der Waals surface area contributed by atoms with E-state index in [2.05, 4.69) is 9.98 Å². The summed E-state index contributed by atoms with van der Waals surface area (Å²) in [7, 11) is 0. The van der Waals surface area contributed by atoms with Gasteiger partial charge in [0.05, 0.1) is 49.1 Å². The maximum absolute atomic E-state index is 13.8. The highest BCUT2D eigenvalue weighted by Crippen LogP contribution is 2.41. The molecular weight excluding hydrogens is 712 g/mol. The molecule has 0 bridgehead atoms. The molecule has 3 aromatic carbocycles. The van der Waals surface area contributed by atoms with Gasteiger partial charge in [0.15, 0.2) is 5.50 Å². The number of halogens is 13. The zero-order valence-corrected chi connectivity index (χ0v) is 24.0. The summed E-state index contributed by atoms with van der Waals surface area (Å²) in [6.07, 6.45) is -20.6. The zero-order chi connectivity index (χ0) is 36.4. The van der Waals surface area contributed by atoms with E-state index < -0.39 is 112 Å². The lowest BCUT2D eigenvalue weighted by Gasteiger charge is -2.20. The molecule has 0 aliphatic carbocycles. The molecule has 252 valence electrons. The molecule has 1 unspecified atom stereocenters. The predicted octanol–water partition coefficient (Wildman–Crippen LogP) is 5.14. The molecule has 0 saturated carbocycles. The van der Waals surface area contributed by atoms with Crippen LogP contribution in [0.15, 0.2) is 59.2 Å². The summed E-state index contributed by atoms with van der Waals surface area (Å²) < 4.78 is 165. The summed E-state index contributed by atoms with van der Waals surface area (Å²) in [5.41, 5.74) is -14.1. The van der Waals surface area contributed by atoms with Crippen LogP contribution in [0.25, 0.3) is 27.6 Å². The number of rotatable bonds is 2. The molecule has 1 atom stereocenters. The number of nitrogens with zero attached hydrogens (tertiary/aromatic N) is 2. The van der Waals surface area contributed by atoms with Gasteiger partial charge in [-0.05, 0) is 59.2 Å². The molecule has 0 radical (unpaired) electrons. The van der Waals surface area contributed by atoms with Gasteiger partial charge in [-0.3, -0.25) is 9.98 Å². The largest absolute Gasteiger partial charge is 0.416 e. The highest BCUT2D eigenvalue weighted by Gasteiger charge is 2.39. The molecule has 5 rings (SSSR count). The van der Waals surface area contributed by atoms with Crippen molar-refractivity contribution in [2.24, 2.45) is 4.99 Å². The third kappa shape index (κ3) is 6.25. The highest BCUT2D eigenvalue weighted by atomic mass is 35.5. The van der Waals surface area contributed by atoms with Crippen molar-refractivity contribution in [2.75, 3.05) is 0 Å². The maximum Gasteiger partial charge on any atom is 0.416 e. The van der Waals surface area contributed by atoms with Crippen molar-refractivity contribution in [1.82, 2.24) is 4.98 Å². The first-order valence-electron chi connectivity index (χ1n) is 12.9. The Bertz CT molecular complexity index is 2370. The van der Waals surface area contributed by atoms with Crippen LogP contribution in [0.5, 0.6) is 0 Å². The molecule has 5 nitrogen and oxygen atoms in total. The van der Waals surface area contributed by atoms with E-state index in [0.29, 0.717) is 0 Å². The molecule has 1 aliphatic rings. The molecule has 0 N–H and O–H groups in total. The van der Waals surface area contributed by atoms with Crippen molar-refractivity contribution in [3.8, 4) is 11.1 Å². The lowest BCUT2D eigenvalue weighted by Crippen LogP contribution is -2.54. The Hall–Kier alpha value is -5.20. The van der Waals surface area contributed by atoms with Gasteiger partial charge < -0.3 is 0 Å². The van der Waals surface area contributed by atoms with Crippen LogP contribution in [-0.2, 0) is 39.1 Å². The molecule has 1 aromatic heterocycles. The minimum atomic E-state index is -5.40. The van der Waals surface area contributed by atoms with Gasteiger partial charge >= 0.3 is 24.7 Å². The lowest BCUT2D eigenvalue weighted by molar-refractivity contribution is -0.144. The van der Waals surface area contributed by atoms with Gasteiger partial charge in [-0.2, -0.15) is 52.7 Å². The molecule has 0 amide bonds. The third-order valence-corrected chi connectivity index (χ3v) is 7.57. The summed E-state index contributed by atoms with van der Waals surface area (Å²) >= 11 is 6.20. The van der Waals surface area contributed by atoms with Crippen molar-refractivity contribution in [3.05, 3.63) is 103 Å². The second-order valence-corrected chi connectivity index (χ2v) is 10.6. The number of benzene rings is 3. The number of alkyl halides is 13. The summed E-state index contributed by atoms with van der Waals surface area (Å²) in [6.45, 7) is 0. The summed E-state index contributed by atoms with van der Waals surface area (Å²) in [5.74, 6) is 3.78. The second-order valence-electron chi connectivity index (χ2n) is 10.2. The first-order chi connectivity index (χ1) is 22.6. The van der Waals surface area contributed by atoms with Crippen LogP contribution in [-0.4, -0.2) is 28.3 Å². The van der Waals surface area contributed by atoms with Crippen molar-refractivity contribution in [3.63, 3.8) is 0 Å². The Morgan fingerprint density at radius 3 is 1.47 bits per heavy atom. The smallest absolute Gasteiger partial charge is 0.257 e. The van der Waals surface area contributed by atoms with Gasteiger partial charge in [-0.1, -0.05) is 11.6 Å². The summed E-state index contributed by atoms with van der Waals surface area (Å²) in [4.78, 5) is 44.8. The van der Waals surface area contributed by atoms with Crippen molar-refractivity contribution < 1.29 is 67.1 Å². The topological polar surface area (TPSA) is 76.5 Å². The number of hydrogen-bond acceptors (Lipinski definition) is 5. The van der Waals surface area contributed by atoms with E-state index in [1.54, 1.807) is 0 Å². The fourth-order valence-corrected chi connectivity index (χ4v) is 5.49. The van der Waals surface area contributed by atoms with Crippen molar-refractivity contribution in [1.29, 1.82) is 0 Å². The zero-order valence-electron chi connectivity index (χ0n) is 23.2. The van der Waals surface area contributed by atoms with E-state index in [1.807, 2.05) is 0 Å². The predicted molar refractivity (Wildman–Crippen MR) is 145 cm³/mol. The van der Waals surface area contributed by atoms with E-state index in [-0.39, 0.29) is 36.4 Å². The van der Waals surface area contributed by atoms with Crippen LogP contribution in [0.1, 0.15) is 27.8 Å². The van der Waals surface area contributed by atoms with Crippen molar-refractivity contribution >= 4 is 45.9 Å². The average molecular weight is 721 g/mol. The number of aromatic nitrogens is 1. The standard InChI is InChI=1S/C31H9ClF12N2O3/c32-27-21(11-49)22(13-5-16(30(39,40)41)8-17(6-13)31(42,43)44)24-20(10-48)19(9-47)23-18(1-2-45-25(23)26(24)46-27)12-3-14(28(33,34)35)7-15(4-12)29(36,37)38/h1-8,27H. The average Bonchev–Trinajstić information content (AvgIpc) is 3.01. The summed E-state index contributed by atoms with van der Waals surface area (Å²) in [6, 6.07) is 1.37. The number of hydrogen-bond donors (Lipinski definition) is 0. The maximum atomic E-state index is 13.8. The number of pyridine rings is 1. The molecule has 18 heteroatoms. The van der Waals surface area contributed by atoms with Crippen LogP contribution in [0, 0.1) is 0 Å². The molecule has 1 aliphatic heterocycles. The Morgan fingerprint density at radius 2 is 1.06 bits per heavy atom. The molecule has 49 heavy (non-hydrogen) atoms. The second kappa shape index (κ2) is 11.7. The monoisotopic (exact) mass is 720 g/mol. The quantitative estimate of drug-likeness (QED) is 0.125. The normalized spacial score (nSPS) is 15.3. The molecular formula is C31H9ClF12N2O3. The molecule has 0 fully saturated rings. The number of fused-ring (bicyclic) bond motifs is 3. The Kier molecular flexibility index (Phi) is 8.42.